The van der Waals surface area contributed by atoms with Gasteiger partial charge in [-0.2, -0.15) is 0 Å². The second-order valence-corrected chi connectivity index (χ2v) is 3.92. The van der Waals surface area contributed by atoms with Gasteiger partial charge >= 0.3 is 0 Å². The molecule has 0 aliphatic carbocycles. The first-order chi connectivity index (χ1) is 7.15. The summed E-state index contributed by atoms with van der Waals surface area (Å²) in [6.07, 6.45) is 1.79. The van der Waals surface area contributed by atoms with E-state index in [4.69, 9.17) is 0 Å². The summed E-state index contributed by atoms with van der Waals surface area (Å²) in [5.74, 6) is 0.249. The monoisotopic (exact) mass is 203 g/mol. The van der Waals surface area contributed by atoms with E-state index in [1.165, 1.54) is 0 Å². The minimum absolute atomic E-state index is 0.0497. The Morgan fingerprint density at radius 1 is 1.47 bits per heavy atom. The largest absolute Gasteiger partial charge is 0.326 e. The molecule has 0 atom stereocenters. The fourth-order valence-electron chi connectivity index (χ4n) is 1.76. The number of Topliss-reactive ketones (excluding diaryl/α,β-unsaturated/α-hetero) is 1. The van der Waals surface area contributed by atoms with E-state index < -0.39 is 0 Å². The highest BCUT2D eigenvalue weighted by Crippen LogP contribution is 2.24. The van der Waals surface area contributed by atoms with Crippen LogP contribution in [-0.2, 0) is 22.4 Å². The number of hydrogen-bond acceptors (Lipinski definition) is 2. The van der Waals surface area contributed by atoms with Crippen molar-refractivity contribution in [2.24, 2.45) is 0 Å². The van der Waals surface area contributed by atoms with Gasteiger partial charge in [0.05, 0.1) is 6.42 Å². The SMILES string of the molecule is CC(=O)CCc1ccc2c(c1)CC(=O)N2. The van der Waals surface area contributed by atoms with Gasteiger partial charge in [-0.25, -0.2) is 0 Å². The van der Waals surface area contributed by atoms with Gasteiger partial charge in [0.15, 0.2) is 0 Å². The van der Waals surface area contributed by atoms with Gasteiger partial charge in [0.1, 0.15) is 5.78 Å². The van der Waals surface area contributed by atoms with E-state index in [-0.39, 0.29) is 11.7 Å². The molecule has 0 radical (unpaired) electrons. The lowest BCUT2D eigenvalue weighted by atomic mass is 10.0. The van der Waals surface area contributed by atoms with Gasteiger partial charge in [-0.3, -0.25) is 4.79 Å². The van der Waals surface area contributed by atoms with E-state index in [0.717, 1.165) is 23.2 Å². The maximum Gasteiger partial charge on any atom is 0.228 e. The molecule has 0 unspecified atom stereocenters. The first-order valence-corrected chi connectivity index (χ1v) is 5.06. The second-order valence-electron chi connectivity index (χ2n) is 3.92. The summed E-state index contributed by atoms with van der Waals surface area (Å²) in [7, 11) is 0. The Bertz CT molecular complexity index is 424. The van der Waals surface area contributed by atoms with Crippen LogP contribution < -0.4 is 5.32 Å². The van der Waals surface area contributed by atoms with E-state index in [9.17, 15) is 9.59 Å². The topological polar surface area (TPSA) is 46.2 Å². The van der Waals surface area contributed by atoms with Crippen LogP contribution in [0.25, 0.3) is 0 Å². The summed E-state index contributed by atoms with van der Waals surface area (Å²) in [6, 6.07) is 5.89. The molecule has 1 aromatic rings. The average molecular weight is 203 g/mol. The maximum atomic E-state index is 11.1. The number of carbonyl (C=O) groups excluding carboxylic acids is 2. The number of rotatable bonds is 3. The van der Waals surface area contributed by atoms with Crippen molar-refractivity contribution in [3.63, 3.8) is 0 Å². The molecule has 2 rings (SSSR count). The Morgan fingerprint density at radius 3 is 3.00 bits per heavy atom. The van der Waals surface area contributed by atoms with Crippen LogP contribution >= 0.6 is 0 Å². The van der Waals surface area contributed by atoms with Gasteiger partial charge in [0.2, 0.25) is 5.91 Å². The first-order valence-electron chi connectivity index (χ1n) is 5.06. The normalized spacial score (nSPS) is 13.5. The number of aryl methyl sites for hydroxylation is 1. The number of benzene rings is 1. The quantitative estimate of drug-likeness (QED) is 0.812. The number of hydrogen-bond donors (Lipinski definition) is 1. The van der Waals surface area contributed by atoms with Crippen LogP contribution in [0.5, 0.6) is 0 Å². The predicted molar refractivity (Wildman–Crippen MR) is 57.8 cm³/mol. The molecule has 78 valence electrons. The molecule has 0 spiro atoms. The Labute approximate surface area is 88.5 Å². The number of nitrogens with one attached hydrogen (secondary N) is 1. The molecule has 1 N–H and O–H groups in total. The van der Waals surface area contributed by atoms with Crippen LogP contribution in [0, 0.1) is 0 Å². The molecule has 1 aromatic carbocycles. The Balaban J connectivity index is 2.13. The number of ketones is 1. The highest BCUT2D eigenvalue weighted by atomic mass is 16.1. The molecule has 0 saturated carbocycles. The molecule has 0 fully saturated rings. The number of carbonyl (C=O) groups is 2. The summed E-state index contributed by atoms with van der Waals surface area (Å²) in [4.78, 5) is 21.9. The standard InChI is InChI=1S/C12H13NO2/c1-8(14)2-3-9-4-5-11-10(6-9)7-12(15)13-11/h4-6H,2-3,7H2,1H3,(H,13,15). The maximum absolute atomic E-state index is 11.1. The molecule has 1 amide bonds. The Morgan fingerprint density at radius 2 is 2.27 bits per heavy atom. The lowest BCUT2D eigenvalue weighted by Gasteiger charge is -2.02. The van der Waals surface area contributed by atoms with E-state index in [0.29, 0.717) is 12.8 Å². The highest BCUT2D eigenvalue weighted by Gasteiger charge is 2.17. The predicted octanol–water partition coefficient (Wildman–Crippen LogP) is 1.70. The van der Waals surface area contributed by atoms with Crippen molar-refractivity contribution < 1.29 is 9.59 Å². The van der Waals surface area contributed by atoms with Gasteiger partial charge in [-0.1, -0.05) is 12.1 Å². The summed E-state index contributed by atoms with van der Waals surface area (Å²) < 4.78 is 0. The number of anilines is 1. The van der Waals surface area contributed by atoms with Crippen LogP contribution in [0.2, 0.25) is 0 Å². The molecule has 1 aliphatic heterocycles. The summed E-state index contributed by atoms with van der Waals surface area (Å²) >= 11 is 0. The first kappa shape index (κ1) is 9.90. The molecule has 1 aliphatic rings. The minimum Gasteiger partial charge on any atom is -0.326 e. The van der Waals surface area contributed by atoms with Crippen LogP contribution in [0.1, 0.15) is 24.5 Å². The summed E-state index contributed by atoms with van der Waals surface area (Å²) in [6.45, 7) is 1.60. The van der Waals surface area contributed by atoms with E-state index >= 15 is 0 Å². The van der Waals surface area contributed by atoms with Crippen molar-refractivity contribution >= 4 is 17.4 Å². The molecule has 0 aromatic heterocycles. The molecule has 1 heterocycles. The molecule has 0 bridgehead atoms. The van der Waals surface area contributed by atoms with Gasteiger partial charge in [-0.15, -0.1) is 0 Å². The second kappa shape index (κ2) is 3.85. The third kappa shape index (κ3) is 2.24. The zero-order chi connectivity index (χ0) is 10.8. The average Bonchev–Trinajstić information content (AvgIpc) is 2.53. The highest BCUT2D eigenvalue weighted by molar-refractivity contribution is 5.99. The molecule has 15 heavy (non-hydrogen) atoms. The Hall–Kier alpha value is -1.64. The van der Waals surface area contributed by atoms with E-state index in [2.05, 4.69) is 5.32 Å². The van der Waals surface area contributed by atoms with Crippen molar-refractivity contribution in [3.05, 3.63) is 29.3 Å². The Kier molecular flexibility index (Phi) is 2.54. The minimum atomic E-state index is 0.0497. The fraction of sp³-hybridized carbons (Fsp3) is 0.333. The van der Waals surface area contributed by atoms with Crippen LogP contribution in [-0.4, -0.2) is 11.7 Å². The molecule has 3 heteroatoms. The van der Waals surface area contributed by atoms with Crippen LogP contribution in [0.4, 0.5) is 5.69 Å². The molecule has 0 saturated heterocycles. The summed E-state index contributed by atoms with van der Waals surface area (Å²) in [5.41, 5.74) is 3.08. The lowest BCUT2D eigenvalue weighted by Crippen LogP contribution is -2.03. The number of fused-ring (bicyclic) bond motifs is 1. The third-order valence-electron chi connectivity index (χ3n) is 2.56. The van der Waals surface area contributed by atoms with Gasteiger partial charge < -0.3 is 10.1 Å². The van der Waals surface area contributed by atoms with Crippen molar-refractivity contribution in [3.8, 4) is 0 Å². The zero-order valence-electron chi connectivity index (χ0n) is 8.67. The van der Waals surface area contributed by atoms with E-state index in [1.54, 1.807) is 6.92 Å². The van der Waals surface area contributed by atoms with Crippen LogP contribution in [0.3, 0.4) is 0 Å². The van der Waals surface area contributed by atoms with Crippen molar-refractivity contribution in [1.82, 2.24) is 0 Å². The molecular formula is C12H13NO2. The van der Waals surface area contributed by atoms with Gasteiger partial charge in [-0.05, 0) is 30.5 Å². The molecular weight excluding hydrogens is 190 g/mol. The van der Waals surface area contributed by atoms with E-state index in [1.807, 2.05) is 18.2 Å². The smallest absolute Gasteiger partial charge is 0.228 e. The fourth-order valence-corrected chi connectivity index (χ4v) is 1.76. The third-order valence-corrected chi connectivity index (χ3v) is 2.56. The summed E-state index contributed by atoms with van der Waals surface area (Å²) in [5, 5.41) is 2.78. The van der Waals surface area contributed by atoms with Crippen molar-refractivity contribution in [2.45, 2.75) is 26.2 Å². The van der Waals surface area contributed by atoms with Crippen molar-refractivity contribution in [1.29, 1.82) is 0 Å². The van der Waals surface area contributed by atoms with Gasteiger partial charge in [0, 0.05) is 12.1 Å². The number of amides is 1. The molecule has 3 nitrogen and oxygen atoms in total. The van der Waals surface area contributed by atoms with Crippen LogP contribution in [0.15, 0.2) is 18.2 Å². The van der Waals surface area contributed by atoms with Crippen molar-refractivity contribution in [2.75, 3.05) is 5.32 Å². The lowest BCUT2D eigenvalue weighted by molar-refractivity contribution is -0.117. The van der Waals surface area contributed by atoms with Gasteiger partial charge in [0.25, 0.3) is 0 Å². The zero-order valence-corrected chi connectivity index (χ0v) is 8.67.